The monoisotopic (exact) mass is 339 g/mol. The Morgan fingerprint density at radius 2 is 2.00 bits per heavy atom. The maximum atomic E-state index is 13.5. The van der Waals surface area contributed by atoms with Crippen LogP contribution in [0.5, 0.6) is 0 Å². The standard InChI is InChI=1S/C15H12BrF2NO/c1-9-5-6-11(16)13(7-9)19-14(20)8-10-3-2-4-12(17)15(10)18/h2-7H,8H2,1H3,(H,19,20). The van der Waals surface area contributed by atoms with E-state index in [1.165, 1.54) is 12.1 Å². The summed E-state index contributed by atoms with van der Waals surface area (Å²) >= 11 is 3.32. The number of benzene rings is 2. The molecule has 0 atom stereocenters. The van der Waals surface area contributed by atoms with Gasteiger partial charge < -0.3 is 5.32 Å². The Balaban J connectivity index is 2.13. The largest absolute Gasteiger partial charge is 0.325 e. The van der Waals surface area contributed by atoms with Crippen LogP contribution in [0.1, 0.15) is 11.1 Å². The number of hydrogen-bond acceptors (Lipinski definition) is 1. The number of carbonyl (C=O) groups excluding carboxylic acids is 1. The van der Waals surface area contributed by atoms with Crippen molar-refractivity contribution in [3.05, 3.63) is 63.6 Å². The molecule has 0 aromatic heterocycles. The quantitative estimate of drug-likeness (QED) is 0.891. The molecule has 0 aliphatic heterocycles. The fourth-order valence-electron chi connectivity index (χ4n) is 1.79. The molecule has 1 amide bonds. The molecule has 20 heavy (non-hydrogen) atoms. The van der Waals surface area contributed by atoms with Crippen LogP contribution in [0.2, 0.25) is 0 Å². The van der Waals surface area contributed by atoms with Crippen LogP contribution in [0.4, 0.5) is 14.5 Å². The van der Waals surface area contributed by atoms with E-state index in [0.29, 0.717) is 5.69 Å². The highest BCUT2D eigenvalue weighted by Gasteiger charge is 2.12. The van der Waals surface area contributed by atoms with E-state index in [9.17, 15) is 13.6 Å². The average molecular weight is 340 g/mol. The number of rotatable bonds is 3. The molecular formula is C15H12BrF2NO. The number of anilines is 1. The third-order valence-electron chi connectivity index (χ3n) is 2.78. The van der Waals surface area contributed by atoms with E-state index in [1.54, 1.807) is 6.07 Å². The van der Waals surface area contributed by atoms with E-state index in [0.717, 1.165) is 16.1 Å². The molecule has 0 spiro atoms. The number of amides is 1. The van der Waals surface area contributed by atoms with E-state index < -0.39 is 17.5 Å². The van der Waals surface area contributed by atoms with Crippen molar-refractivity contribution in [3.8, 4) is 0 Å². The molecule has 0 unspecified atom stereocenters. The number of aryl methyl sites for hydroxylation is 1. The van der Waals surface area contributed by atoms with Gasteiger partial charge in [-0.05, 0) is 46.6 Å². The van der Waals surface area contributed by atoms with Crippen LogP contribution in [0.15, 0.2) is 40.9 Å². The van der Waals surface area contributed by atoms with Gasteiger partial charge in [-0.25, -0.2) is 8.78 Å². The number of halogens is 3. The highest BCUT2D eigenvalue weighted by molar-refractivity contribution is 9.10. The lowest BCUT2D eigenvalue weighted by molar-refractivity contribution is -0.115. The minimum Gasteiger partial charge on any atom is -0.325 e. The topological polar surface area (TPSA) is 29.1 Å². The minimum absolute atomic E-state index is 0.0336. The summed E-state index contributed by atoms with van der Waals surface area (Å²) in [5.41, 5.74) is 1.62. The van der Waals surface area contributed by atoms with Crippen molar-refractivity contribution in [2.45, 2.75) is 13.3 Å². The van der Waals surface area contributed by atoms with Gasteiger partial charge in [-0.2, -0.15) is 0 Å². The van der Waals surface area contributed by atoms with E-state index >= 15 is 0 Å². The molecule has 2 nitrogen and oxygen atoms in total. The first-order chi connectivity index (χ1) is 9.47. The van der Waals surface area contributed by atoms with Crippen LogP contribution in [0.25, 0.3) is 0 Å². The van der Waals surface area contributed by atoms with Gasteiger partial charge >= 0.3 is 0 Å². The molecule has 0 saturated carbocycles. The summed E-state index contributed by atoms with van der Waals surface area (Å²) in [6, 6.07) is 9.30. The zero-order valence-electron chi connectivity index (χ0n) is 10.7. The van der Waals surface area contributed by atoms with Gasteiger partial charge in [-0.3, -0.25) is 4.79 Å². The van der Waals surface area contributed by atoms with E-state index in [4.69, 9.17) is 0 Å². The molecule has 0 bridgehead atoms. The first kappa shape index (κ1) is 14.7. The Morgan fingerprint density at radius 1 is 1.25 bits per heavy atom. The molecule has 1 N–H and O–H groups in total. The van der Waals surface area contributed by atoms with Crippen molar-refractivity contribution < 1.29 is 13.6 Å². The second kappa shape index (κ2) is 6.13. The van der Waals surface area contributed by atoms with Gasteiger partial charge in [0, 0.05) is 10.0 Å². The summed E-state index contributed by atoms with van der Waals surface area (Å²) < 4.78 is 27.3. The van der Waals surface area contributed by atoms with Crippen molar-refractivity contribution in [2.24, 2.45) is 0 Å². The predicted octanol–water partition coefficient (Wildman–Crippen LogP) is 4.22. The molecule has 0 aliphatic carbocycles. The summed E-state index contributed by atoms with van der Waals surface area (Å²) in [5, 5.41) is 2.67. The predicted molar refractivity (Wildman–Crippen MR) is 77.6 cm³/mol. The summed E-state index contributed by atoms with van der Waals surface area (Å²) in [5.74, 6) is -2.33. The van der Waals surface area contributed by atoms with Crippen molar-refractivity contribution in [1.29, 1.82) is 0 Å². The molecule has 5 heteroatoms. The van der Waals surface area contributed by atoms with Gasteiger partial charge in [0.1, 0.15) is 0 Å². The van der Waals surface area contributed by atoms with Crippen LogP contribution < -0.4 is 5.32 Å². The van der Waals surface area contributed by atoms with Crippen LogP contribution >= 0.6 is 15.9 Å². The molecular weight excluding hydrogens is 328 g/mol. The summed E-state index contributed by atoms with van der Waals surface area (Å²) in [4.78, 5) is 11.9. The smallest absolute Gasteiger partial charge is 0.228 e. The van der Waals surface area contributed by atoms with E-state index in [-0.39, 0.29) is 12.0 Å². The third kappa shape index (κ3) is 3.42. The van der Waals surface area contributed by atoms with Crippen LogP contribution in [0, 0.1) is 18.6 Å². The zero-order valence-corrected chi connectivity index (χ0v) is 12.3. The summed E-state index contributed by atoms with van der Waals surface area (Å²) in [6.45, 7) is 1.90. The summed E-state index contributed by atoms with van der Waals surface area (Å²) in [7, 11) is 0. The second-order valence-electron chi connectivity index (χ2n) is 4.42. The SMILES string of the molecule is Cc1ccc(Br)c(NC(=O)Cc2cccc(F)c2F)c1. The number of hydrogen-bond donors (Lipinski definition) is 1. The number of nitrogens with one attached hydrogen (secondary N) is 1. The fourth-order valence-corrected chi connectivity index (χ4v) is 2.13. The van der Waals surface area contributed by atoms with E-state index in [1.807, 2.05) is 19.1 Å². The van der Waals surface area contributed by atoms with Crippen LogP contribution in [-0.4, -0.2) is 5.91 Å². The molecule has 2 aromatic rings. The number of carbonyl (C=O) groups is 1. The van der Waals surface area contributed by atoms with Crippen molar-refractivity contribution >= 4 is 27.5 Å². The molecule has 0 radical (unpaired) electrons. The molecule has 104 valence electrons. The second-order valence-corrected chi connectivity index (χ2v) is 5.28. The minimum atomic E-state index is -0.981. The molecule has 0 aliphatic rings. The Hall–Kier alpha value is -1.75. The van der Waals surface area contributed by atoms with Gasteiger partial charge in [0.2, 0.25) is 5.91 Å². The van der Waals surface area contributed by atoms with Crippen LogP contribution in [0.3, 0.4) is 0 Å². The zero-order chi connectivity index (χ0) is 14.7. The van der Waals surface area contributed by atoms with Crippen molar-refractivity contribution in [1.82, 2.24) is 0 Å². The summed E-state index contributed by atoms with van der Waals surface area (Å²) in [6.07, 6.45) is -0.218. The first-order valence-electron chi connectivity index (χ1n) is 5.96. The van der Waals surface area contributed by atoms with E-state index in [2.05, 4.69) is 21.2 Å². The van der Waals surface area contributed by atoms with Gasteiger partial charge in [-0.1, -0.05) is 18.2 Å². The highest BCUT2D eigenvalue weighted by Crippen LogP contribution is 2.23. The fraction of sp³-hybridized carbons (Fsp3) is 0.133. The highest BCUT2D eigenvalue weighted by atomic mass is 79.9. The normalized spacial score (nSPS) is 10.4. The van der Waals surface area contributed by atoms with Gasteiger partial charge in [0.25, 0.3) is 0 Å². The average Bonchev–Trinajstić information content (AvgIpc) is 2.39. The lowest BCUT2D eigenvalue weighted by Gasteiger charge is -2.09. The Labute approximate surface area is 123 Å². The molecule has 0 saturated heterocycles. The molecule has 2 rings (SSSR count). The van der Waals surface area contributed by atoms with Gasteiger partial charge in [-0.15, -0.1) is 0 Å². The molecule has 2 aromatic carbocycles. The molecule has 0 heterocycles. The van der Waals surface area contributed by atoms with Crippen molar-refractivity contribution in [2.75, 3.05) is 5.32 Å². The Kier molecular flexibility index (Phi) is 4.49. The third-order valence-corrected chi connectivity index (χ3v) is 3.47. The first-order valence-corrected chi connectivity index (χ1v) is 6.75. The van der Waals surface area contributed by atoms with Gasteiger partial charge in [0.15, 0.2) is 11.6 Å². The van der Waals surface area contributed by atoms with Gasteiger partial charge in [0.05, 0.1) is 12.1 Å². The maximum Gasteiger partial charge on any atom is 0.228 e. The Morgan fingerprint density at radius 3 is 2.75 bits per heavy atom. The lowest BCUT2D eigenvalue weighted by Crippen LogP contribution is -2.16. The van der Waals surface area contributed by atoms with Crippen LogP contribution in [-0.2, 0) is 11.2 Å². The lowest BCUT2D eigenvalue weighted by atomic mass is 10.1. The van der Waals surface area contributed by atoms with Crippen molar-refractivity contribution in [3.63, 3.8) is 0 Å². The maximum absolute atomic E-state index is 13.5. The molecule has 0 fully saturated rings. The Bertz CT molecular complexity index is 652.